The van der Waals surface area contributed by atoms with E-state index >= 15 is 0 Å². The molecule has 0 aromatic rings. The summed E-state index contributed by atoms with van der Waals surface area (Å²) in [5.41, 5.74) is 0.522. The van der Waals surface area contributed by atoms with Gasteiger partial charge in [0, 0.05) is 6.42 Å². The van der Waals surface area contributed by atoms with Gasteiger partial charge in [-0.25, -0.2) is 0 Å². The summed E-state index contributed by atoms with van der Waals surface area (Å²) >= 11 is 0. The maximum Gasteiger partial charge on any atom is 0.305 e. The summed E-state index contributed by atoms with van der Waals surface area (Å²) in [6.07, 6.45) is 20.9. The van der Waals surface area contributed by atoms with E-state index in [-0.39, 0.29) is 5.97 Å². The van der Waals surface area contributed by atoms with E-state index in [0.29, 0.717) is 18.4 Å². The molecule has 0 atom stereocenters. The summed E-state index contributed by atoms with van der Waals surface area (Å²) in [5.74, 6) is 0.0107. The molecule has 0 unspecified atom stereocenters. The third-order valence-electron chi connectivity index (χ3n) is 6.13. The second-order valence-corrected chi connectivity index (χ2v) is 8.48. The van der Waals surface area contributed by atoms with Crippen LogP contribution in [0.1, 0.15) is 137 Å². The van der Waals surface area contributed by atoms with Gasteiger partial charge in [0.05, 0.1) is 6.61 Å². The zero-order valence-electron chi connectivity index (χ0n) is 18.5. The molecule has 0 radical (unpaired) electrons. The van der Waals surface area contributed by atoms with Crippen molar-refractivity contribution >= 4 is 5.97 Å². The molecule has 0 heterocycles. The molecule has 0 aromatic carbocycles. The normalized spacial score (nSPS) is 11.7. The fourth-order valence-electron chi connectivity index (χ4n) is 3.45. The zero-order chi connectivity index (χ0) is 19.5. The summed E-state index contributed by atoms with van der Waals surface area (Å²) in [6, 6.07) is 0. The Hall–Kier alpha value is -0.530. The van der Waals surface area contributed by atoms with E-state index in [0.717, 1.165) is 19.3 Å². The monoisotopic (exact) mass is 368 g/mol. The maximum atomic E-state index is 11.7. The number of hydrogen-bond acceptors (Lipinski definition) is 2. The molecule has 0 spiro atoms. The second-order valence-electron chi connectivity index (χ2n) is 8.48. The summed E-state index contributed by atoms with van der Waals surface area (Å²) in [6.45, 7) is 9.88. The summed E-state index contributed by atoms with van der Waals surface area (Å²) < 4.78 is 5.36. The molecule has 0 amide bonds. The van der Waals surface area contributed by atoms with Crippen LogP contribution < -0.4 is 0 Å². The maximum absolute atomic E-state index is 11.7. The molecule has 26 heavy (non-hydrogen) atoms. The van der Waals surface area contributed by atoms with Crippen LogP contribution >= 0.6 is 0 Å². The highest BCUT2D eigenvalue weighted by Crippen LogP contribution is 2.31. The molecule has 0 aliphatic heterocycles. The van der Waals surface area contributed by atoms with Gasteiger partial charge in [-0.3, -0.25) is 4.79 Å². The second kappa shape index (κ2) is 17.9. The number of ether oxygens (including phenoxy) is 1. The molecule has 0 saturated carbocycles. The van der Waals surface area contributed by atoms with Crippen LogP contribution in [-0.2, 0) is 9.53 Å². The van der Waals surface area contributed by atoms with Gasteiger partial charge in [0.15, 0.2) is 0 Å². The van der Waals surface area contributed by atoms with Gasteiger partial charge in [-0.05, 0) is 24.7 Å². The molecule has 0 aliphatic rings. The molecule has 156 valence electrons. The number of carbonyl (C=O) groups is 1. The lowest BCUT2D eigenvalue weighted by atomic mass is 9.80. The highest BCUT2D eigenvalue weighted by Gasteiger charge is 2.18. The first-order valence-corrected chi connectivity index (χ1v) is 11.7. The van der Waals surface area contributed by atoms with Gasteiger partial charge in [0.25, 0.3) is 0 Å². The van der Waals surface area contributed by atoms with Gasteiger partial charge >= 0.3 is 5.97 Å². The predicted octanol–water partition coefficient (Wildman–Crippen LogP) is 8.23. The van der Waals surface area contributed by atoms with Crippen molar-refractivity contribution in [2.45, 2.75) is 137 Å². The van der Waals surface area contributed by atoms with Gasteiger partial charge in [0.1, 0.15) is 0 Å². The van der Waals surface area contributed by atoms with Crippen molar-refractivity contribution in [2.75, 3.05) is 6.61 Å². The highest BCUT2D eigenvalue weighted by molar-refractivity contribution is 5.69. The number of unbranched alkanes of at least 4 members (excludes halogenated alkanes) is 11. The average Bonchev–Trinajstić information content (AvgIpc) is 2.65. The van der Waals surface area contributed by atoms with Gasteiger partial charge in [-0.2, -0.15) is 0 Å². The summed E-state index contributed by atoms with van der Waals surface area (Å²) in [4.78, 5) is 11.7. The Morgan fingerprint density at radius 3 is 1.77 bits per heavy atom. The fraction of sp³-hybridized carbons (Fsp3) is 0.958. The first-order chi connectivity index (χ1) is 12.6. The highest BCUT2D eigenvalue weighted by atomic mass is 16.5. The van der Waals surface area contributed by atoms with Crippen LogP contribution in [0.2, 0.25) is 0 Å². The number of esters is 1. The molecule has 2 heteroatoms. The minimum Gasteiger partial charge on any atom is -0.466 e. The Bertz CT molecular complexity index is 307. The topological polar surface area (TPSA) is 26.3 Å². The van der Waals surface area contributed by atoms with Crippen molar-refractivity contribution in [2.24, 2.45) is 5.41 Å². The van der Waals surface area contributed by atoms with E-state index in [1.165, 1.54) is 83.5 Å². The Morgan fingerprint density at radius 2 is 1.19 bits per heavy atom. The zero-order valence-corrected chi connectivity index (χ0v) is 18.5. The molecular weight excluding hydrogens is 320 g/mol. The van der Waals surface area contributed by atoms with Crippen LogP contribution in [0.4, 0.5) is 0 Å². The first kappa shape index (κ1) is 25.5. The Balaban J connectivity index is 3.32. The van der Waals surface area contributed by atoms with Crippen molar-refractivity contribution in [1.82, 2.24) is 0 Å². The molecule has 0 bridgehead atoms. The SMILES string of the molecule is CCCCCCCCCCCOC(=O)CCCCCCC(C)(CC)CC. The Labute approximate surface area is 164 Å². The van der Waals surface area contributed by atoms with E-state index < -0.39 is 0 Å². The van der Waals surface area contributed by atoms with Crippen molar-refractivity contribution in [1.29, 1.82) is 0 Å². The van der Waals surface area contributed by atoms with Gasteiger partial charge in [0.2, 0.25) is 0 Å². The predicted molar refractivity (Wildman–Crippen MR) is 115 cm³/mol. The largest absolute Gasteiger partial charge is 0.466 e. The standard InChI is InChI=1S/C24H48O2/c1-5-8-9-10-11-12-13-16-19-22-26-23(25)20-17-14-15-18-21-24(4,6-2)7-3/h5-22H2,1-4H3. The van der Waals surface area contributed by atoms with E-state index in [1.807, 2.05) is 0 Å². The van der Waals surface area contributed by atoms with Gasteiger partial charge < -0.3 is 4.74 Å². The van der Waals surface area contributed by atoms with E-state index in [2.05, 4.69) is 27.7 Å². The molecule has 0 saturated heterocycles. The van der Waals surface area contributed by atoms with Crippen LogP contribution in [0.5, 0.6) is 0 Å². The van der Waals surface area contributed by atoms with E-state index in [9.17, 15) is 4.79 Å². The van der Waals surface area contributed by atoms with Crippen LogP contribution in [0.25, 0.3) is 0 Å². The van der Waals surface area contributed by atoms with Gasteiger partial charge in [-0.15, -0.1) is 0 Å². The molecular formula is C24H48O2. The lowest BCUT2D eigenvalue weighted by molar-refractivity contribution is -0.143. The average molecular weight is 369 g/mol. The van der Waals surface area contributed by atoms with Crippen LogP contribution in [0.15, 0.2) is 0 Å². The Morgan fingerprint density at radius 1 is 0.692 bits per heavy atom. The lowest BCUT2D eigenvalue weighted by Gasteiger charge is -2.26. The smallest absolute Gasteiger partial charge is 0.305 e. The quantitative estimate of drug-likeness (QED) is 0.169. The summed E-state index contributed by atoms with van der Waals surface area (Å²) in [7, 11) is 0. The molecule has 0 rings (SSSR count). The molecule has 0 N–H and O–H groups in total. The van der Waals surface area contributed by atoms with Crippen molar-refractivity contribution < 1.29 is 9.53 Å². The fourth-order valence-corrected chi connectivity index (χ4v) is 3.45. The lowest BCUT2D eigenvalue weighted by Crippen LogP contribution is -2.13. The van der Waals surface area contributed by atoms with E-state index in [1.54, 1.807) is 0 Å². The number of hydrogen-bond donors (Lipinski definition) is 0. The number of rotatable bonds is 19. The first-order valence-electron chi connectivity index (χ1n) is 11.7. The molecule has 0 aliphatic carbocycles. The number of carbonyl (C=O) groups excluding carboxylic acids is 1. The van der Waals surface area contributed by atoms with Crippen LogP contribution in [0.3, 0.4) is 0 Å². The molecule has 2 nitrogen and oxygen atoms in total. The molecule has 0 fully saturated rings. The van der Waals surface area contributed by atoms with Crippen LogP contribution in [0, 0.1) is 5.41 Å². The van der Waals surface area contributed by atoms with E-state index in [4.69, 9.17) is 4.74 Å². The van der Waals surface area contributed by atoms with Crippen LogP contribution in [-0.4, -0.2) is 12.6 Å². The molecule has 0 aromatic heterocycles. The minimum atomic E-state index is 0.0107. The minimum absolute atomic E-state index is 0.0107. The van der Waals surface area contributed by atoms with Crippen molar-refractivity contribution in [3.8, 4) is 0 Å². The Kier molecular flexibility index (Phi) is 17.5. The van der Waals surface area contributed by atoms with Crippen molar-refractivity contribution in [3.63, 3.8) is 0 Å². The third-order valence-corrected chi connectivity index (χ3v) is 6.13. The van der Waals surface area contributed by atoms with Gasteiger partial charge in [-0.1, -0.05) is 111 Å². The van der Waals surface area contributed by atoms with Crippen molar-refractivity contribution in [3.05, 3.63) is 0 Å². The third kappa shape index (κ3) is 15.7. The summed E-state index contributed by atoms with van der Waals surface area (Å²) in [5, 5.41) is 0.